The first-order valence-electron chi connectivity index (χ1n) is 9.18. The van der Waals surface area contributed by atoms with Gasteiger partial charge in [0.2, 0.25) is 5.88 Å². The molecule has 0 radical (unpaired) electrons. The van der Waals surface area contributed by atoms with Crippen LogP contribution in [-0.2, 0) is 12.6 Å². The van der Waals surface area contributed by atoms with Crippen LogP contribution >= 0.6 is 0 Å². The van der Waals surface area contributed by atoms with E-state index in [-0.39, 0.29) is 17.5 Å². The number of hydrogen-bond acceptors (Lipinski definition) is 4. The van der Waals surface area contributed by atoms with Gasteiger partial charge in [-0.2, -0.15) is 13.2 Å². The molecule has 30 heavy (non-hydrogen) atoms. The number of amides is 1. The number of phenols is 1. The van der Waals surface area contributed by atoms with Gasteiger partial charge in [-0.15, -0.1) is 0 Å². The predicted molar refractivity (Wildman–Crippen MR) is 105 cm³/mol. The largest absolute Gasteiger partial charge is 0.508 e. The first-order valence-corrected chi connectivity index (χ1v) is 9.18. The van der Waals surface area contributed by atoms with Crippen molar-refractivity contribution < 1.29 is 27.8 Å². The van der Waals surface area contributed by atoms with Gasteiger partial charge in [-0.3, -0.25) is 4.79 Å². The number of nitrogens with zero attached hydrogens (tertiary/aromatic N) is 1. The van der Waals surface area contributed by atoms with Crippen molar-refractivity contribution in [2.24, 2.45) is 0 Å². The molecule has 1 heterocycles. The Hall–Kier alpha value is -3.55. The van der Waals surface area contributed by atoms with Crippen LogP contribution in [-0.4, -0.2) is 22.5 Å². The van der Waals surface area contributed by atoms with Crippen molar-refractivity contribution in [1.29, 1.82) is 0 Å². The average Bonchev–Trinajstić information content (AvgIpc) is 2.72. The second-order valence-electron chi connectivity index (χ2n) is 6.54. The molecule has 0 saturated heterocycles. The van der Waals surface area contributed by atoms with Gasteiger partial charge >= 0.3 is 6.18 Å². The van der Waals surface area contributed by atoms with E-state index in [0.29, 0.717) is 24.1 Å². The molecule has 0 aliphatic carbocycles. The van der Waals surface area contributed by atoms with Crippen LogP contribution in [0.25, 0.3) is 0 Å². The number of aromatic hydroxyl groups is 1. The SMILES string of the molecule is O=C(NCCCc1ccc(O)cc1)c1ccc(Oc2ccc(C(F)(F)F)cn2)cc1. The number of ether oxygens (including phenoxy) is 1. The Balaban J connectivity index is 1.47. The third-order valence-electron chi connectivity index (χ3n) is 4.27. The molecule has 5 nitrogen and oxygen atoms in total. The highest BCUT2D eigenvalue weighted by Crippen LogP contribution is 2.30. The first-order chi connectivity index (χ1) is 14.3. The highest BCUT2D eigenvalue weighted by Gasteiger charge is 2.30. The molecule has 0 aliphatic heterocycles. The molecule has 1 aromatic heterocycles. The molecule has 0 saturated carbocycles. The molecule has 2 N–H and O–H groups in total. The molecule has 3 rings (SSSR count). The lowest BCUT2D eigenvalue weighted by molar-refractivity contribution is -0.137. The second-order valence-corrected chi connectivity index (χ2v) is 6.54. The number of benzene rings is 2. The first kappa shape index (κ1) is 21.2. The van der Waals surface area contributed by atoms with E-state index in [9.17, 15) is 23.1 Å². The van der Waals surface area contributed by atoms with Crippen LogP contribution in [0.1, 0.15) is 27.9 Å². The van der Waals surface area contributed by atoms with Gasteiger partial charge in [-0.25, -0.2) is 4.98 Å². The van der Waals surface area contributed by atoms with Crippen molar-refractivity contribution in [3.05, 3.63) is 83.6 Å². The van der Waals surface area contributed by atoms with Crippen LogP contribution in [0.3, 0.4) is 0 Å². The summed E-state index contributed by atoms with van der Waals surface area (Å²) in [6.45, 7) is 0.493. The standard InChI is InChI=1S/C22H19F3N2O3/c23-22(24,25)17-7-12-20(27-14-17)30-19-10-5-16(6-11-19)21(29)26-13-1-2-15-3-8-18(28)9-4-15/h3-12,14,28H,1-2,13H2,(H,26,29). The third kappa shape index (κ3) is 5.97. The number of pyridine rings is 1. The molecule has 1 amide bonds. The van der Waals surface area contributed by atoms with Gasteiger partial charge < -0.3 is 15.2 Å². The zero-order chi connectivity index (χ0) is 21.6. The van der Waals surface area contributed by atoms with Gasteiger partial charge in [0.1, 0.15) is 11.5 Å². The summed E-state index contributed by atoms with van der Waals surface area (Å²) in [5, 5.41) is 12.1. The summed E-state index contributed by atoms with van der Waals surface area (Å²) in [7, 11) is 0. The van der Waals surface area contributed by atoms with Crippen molar-refractivity contribution in [2.45, 2.75) is 19.0 Å². The van der Waals surface area contributed by atoms with Crippen molar-refractivity contribution >= 4 is 5.91 Å². The predicted octanol–water partition coefficient (Wildman–Crippen LogP) is 4.96. The average molecular weight is 416 g/mol. The van der Waals surface area contributed by atoms with E-state index < -0.39 is 11.7 Å². The molecule has 3 aromatic rings. The van der Waals surface area contributed by atoms with E-state index in [2.05, 4.69) is 10.3 Å². The summed E-state index contributed by atoms with van der Waals surface area (Å²) >= 11 is 0. The molecule has 0 bridgehead atoms. The van der Waals surface area contributed by atoms with E-state index in [1.807, 2.05) is 12.1 Å². The van der Waals surface area contributed by atoms with Crippen molar-refractivity contribution in [2.75, 3.05) is 6.54 Å². The summed E-state index contributed by atoms with van der Waals surface area (Å²) in [6, 6.07) is 15.2. The number of carbonyl (C=O) groups is 1. The number of nitrogens with one attached hydrogen (secondary N) is 1. The minimum Gasteiger partial charge on any atom is -0.508 e. The molecular formula is C22H19F3N2O3. The Morgan fingerprint density at radius 3 is 2.30 bits per heavy atom. The molecule has 0 aliphatic rings. The number of halogens is 3. The molecule has 2 aromatic carbocycles. The molecule has 156 valence electrons. The van der Waals surface area contributed by atoms with Crippen LogP contribution in [0, 0.1) is 0 Å². The summed E-state index contributed by atoms with van der Waals surface area (Å²) in [6.07, 6.45) is -2.23. The van der Waals surface area contributed by atoms with E-state index in [4.69, 9.17) is 4.74 Å². The van der Waals surface area contributed by atoms with Crippen LogP contribution < -0.4 is 10.1 Å². The molecule has 0 spiro atoms. The van der Waals surface area contributed by atoms with Gasteiger partial charge in [0.15, 0.2) is 0 Å². The lowest BCUT2D eigenvalue weighted by Gasteiger charge is -2.09. The second kappa shape index (κ2) is 9.30. The van der Waals surface area contributed by atoms with Gasteiger partial charge in [0, 0.05) is 24.4 Å². The Morgan fingerprint density at radius 2 is 1.70 bits per heavy atom. The Bertz CT molecular complexity index is 971. The molecule has 0 atom stereocenters. The topological polar surface area (TPSA) is 71.5 Å². The number of aromatic nitrogens is 1. The van der Waals surface area contributed by atoms with Crippen molar-refractivity contribution in [3.8, 4) is 17.4 Å². The van der Waals surface area contributed by atoms with Crippen LogP contribution in [0.2, 0.25) is 0 Å². The lowest BCUT2D eigenvalue weighted by Crippen LogP contribution is -2.24. The summed E-state index contributed by atoms with van der Waals surface area (Å²) in [4.78, 5) is 15.8. The van der Waals surface area contributed by atoms with E-state index in [1.54, 1.807) is 36.4 Å². The maximum absolute atomic E-state index is 12.6. The van der Waals surface area contributed by atoms with Gasteiger partial charge in [0.25, 0.3) is 5.91 Å². The summed E-state index contributed by atoms with van der Waals surface area (Å²) in [5.41, 5.74) is 0.653. The number of rotatable bonds is 7. The maximum Gasteiger partial charge on any atom is 0.417 e. The van der Waals surface area contributed by atoms with Gasteiger partial charge in [0.05, 0.1) is 5.56 Å². The summed E-state index contributed by atoms with van der Waals surface area (Å²) in [5.74, 6) is 0.356. The number of aryl methyl sites for hydroxylation is 1. The van der Waals surface area contributed by atoms with Crippen LogP contribution in [0.4, 0.5) is 13.2 Å². The number of hydrogen-bond donors (Lipinski definition) is 2. The molecule has 0 unspecified atom stereocenters. The van der Waals surface area contributed by atoms with Crippen molar-refractivity contribution in [3.63, 3.8) is 0 Å². The van der Waals surface area contributed by atoms with Gasteiger partial charge in [-0.1, -0.05) is 12.1 Å². The van der Waals surface area contributed by atoms with Crippen LogP contribution in [0.5, 0.6) is 17.4 Å². The lowest BCUT2D eigenvalue weighted by atomic mass is 10.1. The van der Waals surface area contributed by atoms with E-state index in [1.165, 1.54) is 0 Å². The maximum atomic E-state index is 12.6. The van der Waals surface area contributed by atoms with E-state index in [0.717, 1.165) is 30.5 Å². The number of carbonyl (C=O) groups excluding carboxylic acids is 1. The Labute approximate surface area is 171 Å². The fraction of sp³-hybridized carbons (Fsp3) is 0.182. The molecule has 0 fully saturated rings. The Morgan fingerprint density at radius 1 is 1.00 bits per heavy atom. The van der Waals surface area contributed by atoms with Crippen molar-refractivity contribution in [1.82, 2.24) is 10.3 Å². The minimum absolute atomic E-state index is 0.0226. The number of phenolic OH excluding ortho intramolecular Hbond substituents is 1. The van der Waals surface area contributed by atoms with Crippen LogP contribution in [0.15, 0.2) is 66.9 Å². The van der Waals surface area contributed by atoms with E-state index >= 15 is 0 Å². The highest BCUT2D eigenvalue weighted by atomic mass is 19.4. The third-order valence-corrected chi connectivity index (χ3v) is 4.27. The summed E-state index contributed by atoms with van der Waals surface area (Å²) < 4.78 is 43.1. The monoisotopic (exact) mass is 416 g/mol. The smallest absolute Gasteiger partial charge is 0.417 e. The molecule has 8 heteroatoms. The van der Waals surface area contributed by atoms with Gasteiger partial charge in [-0.05, 0) is 60.9 Å². The molecular weight excluding hydrogens is 397 g/mol. The minimum atomic E-state index is -4.45. The fourth-order valence-corrected chi connectivity index (χ4v) is 2.66. The normalized spacial score (nSPS) is 11.2. The zero-order valence-corrected chi connectivity index (χ0v) is 15.8. The quantitative estimate of drug-likeness (QED) is 0.534. The number of alkyl halides is 3. The Kier molecular flexibility index (Phi) is 6.56. The fourth-order valence-electron chi connectivity index (χ4n) is 2.66. The zero-order valence-electron chi connectivity index (χ0n) is 15.8. The highest BCUT2D eigenvalue weighted by molar-refractivity contribution is 5.94.